The fourth-order valence-corrected chi connectivity index (χ4v) is 3.97. The topological polar surface area (TPSA) is 69.8 Å². The number of rotatable bonds is 6. The van der Waals surface area contributed by atoms with E-state index < -0.39 is 0 Å². The molecular weight excluding hydrogens is 440 g/mol. The monoisotopic (exact) mass is 464 g/mol. The molecule has 0 atom stereocenters. The molecule has 1 saturated heterocycles. The molecular formula is C24H25ClN6S. The van der Waals surface area contributed by atoms with Crippen LogP contribution in [0.4, 0.5) is 5.82 Å². The molecule has 1 fully saturated rings. The summed E-state index contributed by atoms with van der Waals surface area (Å²) in [7, 11) is 0. The van der Waals surface area contributed by atoms with Gasteiger partial charge in [0.15, 0.2) is 5.11 Å². The third kappa shape index (κ3) is 6.03. The number of hydrogen-bond acceptors (Lipinski definition) is 5. The fraction of sp³-hybridized carbons (Fsp3) is 0.208. The lowest BCUT2D eigenvalue weighted by molar-refractivity contribution is 0.249. The average Bonchev–Trinajstić information content (AvgIpc) is 2.80. The number of aromatic nitrogens is 1. The first-order chi connectivity index (χ1) is 15.6. The Morgan fingerprint density at radius 3 is 2.47 bits per heavy atom. The van der Waals surface area contributed by atoms with Gasteiger partial charge in [0.25, 0.3) is 0 Å². The number of thiocarbonyl (C=S) groups is 1. The second-order valence-corrected chi connectivity index (χ2v) is 8.53. The number of halogens is 1. The van der Waals surface area contributed by atoms with Gasteiger partial charge in [-0.05, 0) is 53.2 Å². The van der Waals surface area contributed by atoms with Gasteiger partial charge in [0.05, 0.1) is 6.21 Å². The summed E-state index contributed by atoms with van der Waals surface area (Å²) in [4.78, 5) is 9.51. The van der Waals surface area contributed by atoms with Gasteiger partial charge < -0.3 is 10.6 Å². The van der Waals surface area contributed by atoms with Crippen LogP contribution < -0.4 is 16.1 Å². The molecule has 2 heterocycles. The lowest BCUT2D eigenvalue weighted by Gasteiger charge is -2.35. The van der Waals surface area contributed by atoms with E-state index in [1.54, 1.807) is 6.21 Å². The molecule has 6 nitrogen and oxygen atoms in total. The van der Waals surface area contributed by atoms with Gasteiger partial charge in [-0.2, -0.15) is 5.10 Å². The van der Waals surface area contributed by atoms with Crippen molar-refractivity contribution in [1.29, 1.82) is 0 Å². The molecule has 164 valence electrons. The Bertz CT molecular complexity index is 1080. The molecule has 2 aromatic carbocycles. The first-order valence-corrected chi connectivity index (χ1v) is 11.2. The summed E-state index contributed by atoms with van der Waals surface area (Å²) in [6.45, 7) is 4.85. The van der Waals surface area contributed by atoms with Gasteiger partial charge in [-0.25, -0.2) is 4.98 Å². The normalized spacial score (nSPS) is 14.6. The van der Waals surface area contributed by atoms with Crippen molar-refractivity contribution in [2.45, 2.75) is 6.54 Å². The minimum atomic E-state index is 0.145. The first-order valence-electron chi connectivity index (χ1n) is 10.4. The van der Waals surface area contributed by atoms with Crippen LogP contribution in [0.2, 0.25) is 5.02 Å². The highest BCUT2D eigenvalue weighted by molar-refractivity contribution is 7.80. The van der Waals surface area contributed by atoms with Gasteiger partial charge >= 0.3 is 0 Å². The molecule has 0 spiro atoms. The number of nitrogens with two attached hydrogens (primary N) is 1. The summed E-state index contributed by atoms with van der Waals surface area (Å²) < 4.78 is 0. The van der Waals surface area contributed by atoms with Crippen molar-refractivity contribution in [3.63, 3.8) is 0 Å². The molecule has 0 amide bonds. The largest absolute Gasteiger partial charge is 0.375 e. The van der Waals surface area contributed by atoms with Crippen molar-refractivity contribution in [2.24, 2.45) is 10.8 Å². The molecule has 8 heteroatoms. The number of pyridine rings is 1. The van der Waals surface area contributed by atoms with Crippen LogP contribution in [0.5, 0.6) is 0 Å². The molecule has 32 heavy (non-hydrogen) atoms. The molecule has 1 aliphatic rings. The van der Waals surface area contributed by atoms with Crippen LogP contribution in [-0.2, 0) is 6.54 Å². The van der Waals surface area contributed by atoms with Crippen LogP contribution in [0.3, 0.4) is 0 Å². The van der Waals surface area contributed by atoms with Crippen LogP contribution in [0, 0.1) is 0 Å². The Balaban J connectivity index is 1.32. The molecule has 3 N–H and O–H groups in total. The molecule has 0 saturated carbocycles. The van der Waals surface area contributed by atoms with Crippen LogP contribution in [0.1, 0.15) is 11.1 Å². The van der Waals surface area contributed by atoms with E-state index in [1.165, 1.54) is 5.56 Å². The Hall–Kier alpha value is -3.00. The highest BCUT2D eigenvalue weighted by Gasteiger charge is 2.18. The predicted molar refractivity (Wildman–Crippen MR) is 136 cm³/mol. The number of hydrogen-bond donors (Lipinski definition) is 2. The Labute approximate surface area is 198 Å². The standard InChI is InChI=1S/C24H25ClN6S/c25-22-3-1-2-19(14-22)17-30-10-12-31(13-11-30)23-9-8-21(16-27-23)20-6-4-18(5-7-20)15-28-29-24(26)32/h1-9,14-16H,10-13,17H2,(H3,26,29,32). The van der Waals surface area contributed by atoms with Crippen molar-refractivity contribution in [3.8, 4) is 11.1 Å². The SMILES string of the molecule is NC(=S)NN=Cc1ccc(-c2ccc(N3CCN(Cc4cccc(Cl)c4)CC3)nc2)cc1. The highest BCUT2D eigenvalue weighted by Crippen LogP contribution is 2.22. The van der Waals surface area contributed by atoms with E-state index in [9.17, 15) is 0 Å². The summed E-state index contributed by atoms with van der Waals surface area (Å²) in [5.74, 6) is 1.02. The van der Waals surface area contributed by atoms with Gasteiger partial charge in [0, 0.05) is 49.5 Å². The van der Waals surface area contributed by atoms with Gasteiger partial charge in [-0.3, -0.25) is 10.3 Å². The van der Waals surface area contributed by atoms with Crippen molar-refractivity contribution >= 4 is 41.0 Å². The van der Waals surface area contributed by atoms with Gasteiger partial charge in [-0.15, -0.1) is 0 Å². The Morgan fingerprint density at radius 2 is 1.81 bits per heavy atom. The summed E-state index contributed by atoms with van der Waals surface area (Å²) in [6.07, 6.45) is 3.61. The van der Waals surface area contributed by atoms with Gasteiger partial charge in [-0.1, -0.05) is 48.0 Å². The predicted octanol–water partition coefficient (Wildman–Crippen LogP) is 3.89. The summed E-state index contributed by atoms with van der Waals surface area (Å²) in [5.41, 5.74) is 12.3. The Kier molecular flexibility index (Phi) is 7.32. The summed E-state index contributed by atoms with van der Waals surface area (Å²) >= 11 is 10.8. The van der Waals surface area contributed by atoms with E-state index >= 15 is 0 Å². The van der Waals surface area contributed by atoms with Gasteiger partial charge in [0.2, 0.25) is 0 Å². The highest BCUT2D eigenvalue weighted by atomic mass is 35.5. The van der Waals surface area contributed by atoms with Crippen LogP contribution in [-0.4, -0.2) is 47.4 Å². The van der Waals surface area contributed by atoms with E-state index in [0.29, 0.717) is 0 Å². The van der Waals surface area contributed by atoms with Crippen LogP contribution in [0.25, 0.3) is 11.1 Å². The van der Waals surface area contributed by atoms with E-state index in [4.69, 9.17) is 34.5 Å². The zero-order valence-corrected chi connectivity index (χ0v) is 19.2. The third-order valence-electron chi connectivity index (χ3n) is 5.37. The minimum absolute atomic E-state index is 0.145. The number of anilines is 1. The molecule has 3 aromatic rings. The maximum absolute atomic E-state index is 6.11. The summed E-state index contributed by atoms with van der Waals surface area (Å²) in [6, 6.07) is 20.4. The van der Waals surface area contributed by atoms with Crippen LogP contribution in [0.15, 0.2) is 72.0 Å². The van der Waals surface area contributed by atoms with Crippen molar-refractivity contribution < 1.29 is 0 Å². The maximum Gasteiger partial charge on any atom is 0.184 e. The molecule has 0 bridgehead atoms. The second-order valence-electron chi connectivity index (χ2n) is 7.65. The Morgan fingerprint density at radius 1 is 1.06 bits per heavy atom. The van der Waals surface area contributed by atoms with E-state index in [2.05, 4.69) is 38.5 Å². The fourth-order valence-electron chi connectivity index (χ4n) is 3.70. The zero-order valence-electron chi connectivity index (χ0n) is 17.6. The zero-order chi connectivity index (χ0) is 22.3. The number of hydrazone groups is 1. The molecule has 0 unspecified atom stereocenters. The average molecular weight is 465 g/mol. The molecule has 1 aliphatic heterocycles. The lowest BCUT2D eigenvalue weighted by Crippen LogP contribution is -2.46. The number of nitrogens with zero attached hydrogens (tertiary/aromatic N) is 4. The number of piperazine rings is 1. The number of nitrogens with one attached hydrogen (secondary N) is 1. The molecule has 4 rings (SSSR count). The first kappa shape index (κ1) is 22.2. The van der Waals surface area contributed by atoms with Crippen molar-refractivity contribution in [2.75, 3.05) is 31.1 Å². The van der Waals surface area contributed by atoms with Crippen molar-refractivity contribution in [1.82, 2.24) is 15.3 Å². The molecule has 1 aromatic heterocycles. The lowest BCUT2D eigenvalue weighted by atomic mass is 10.1. The van der Waals surface area contributed by atoms with E-state index in [0.717, 1.165) is 60.3 Å². The minimum Gasteiger partial charge on any atom is -0.375 e. The molecule has 0 radical (unpaired) electrons. The quantitative estimate of drug-likeness (QED) is 0.327. The summed E-state index contributed by atoms with van der Waals surface area (Å²) in [5, 5.41) is 4.91. The van der Waals surface area contributed by atoms with Crippen LogP contribution >= 0.6 is 23.8 Å². The van der Waals surface area contributed by atoms with E-state index in [1.807, 2.05) is 48.7 Å². The molecule has 0 aliphatic carbocycles. The smallest absolute Gasteiger partial charge is 0.184 e. The van der Waals surface area contributed by atoms with Gasteiger partial charge in [0.1, 0.15) is 5.82 Å². The van der Waals surface area contributed by atoms with Crippen molar-refractivity contribution in [3.05, 3.63) is 83.0 Å². The number of benzene rings is 2. The van der Waals surface area contributed by atoms with E-state index in [-0.39, 0.29) is 5.11 Å². The second kappa shape index (κ2) is 10.5. The third-order valence-corrected chi connectivity index (χ3v) is 5.70. The maximum atomic E-state index is 6.11.